The summed E-state index contributed by atoms with van der Waals surface area (Å²) in [4.78, 5) is 22.2. The molecule has 0 spiro atoms. The minimum Gasteiger partial charge on any atom is -0.383 e. The number of halogens is 2. The molecule has 8 heteroatoms. The smallest absolute Gasteiger partial charge is 0.271 e. The number of rotatable bonds is 6. The summed E-state index contributed by atoms with van der Waals surface area (Å²) in [6, 6.07) is 2.00. The van der Waals surface area contributed by atoms with Crippen molar-refractivity contribution in [1.82, 2.24) is 5.32 Å². The van der Waals surface area contributed by atoms with E-state index >= 15 is 0 Å². The highest BCUT2D eigenvalue weighted by Gasteiger charge is 2.21. The molecule has 0 aromatic heterocycles. The molecule has 1 atom stereocenters. The van der Waals surface area contributed by atoms with Crippen LogP contribution >= 0.6 is 23.2 Å². The first kappa shape index (κ1) is 16.7. The Kier molecular flexibility index (Phi) is 6.19. The molecule has 0 bridgehead atoms. The highest BCUT2D eigenvalue weighted by molar-refractivity contribution is 6.44. The molecular formula is C12H14Cl2N2O4. The van der Waals surface area contributed by atoms with Gasteiger partial charge in [-0.05, 0) is 6.42 Å². The molecule has 1 aromatic rings. The van der Waals surface area contributed by atoms with E-state index in [-0.39, 0.29) is 27.3 Å². The van der Waals surface area contributed by atoms with E-state index in [1.165, 1.54) is 7.11 Å². The van der Waals surface area contributed by atoms with E-state index in [9.17, 15) is 14.9 Å². The number of carbonyl (C=O) groups excluding carboxylic acids is 1. The van der Waals surface area contributed by atoms with E-state index in [4.69, 9.17) is 27.9 Å². The van der Waals surface area contributed by atoms with Crippen molar-refractivity contribution in [2.24, 2.45) is 0 Å². The fourth-order valence-corrected chi connectivity index (χ4v) is 1.98. The van der Waals surface area contributed by atoms with Crippen LogP contribution in [0.5, 0.6) is 0 Å². The fraction of sp³-hybridized carbons (Fsp3) is 0.417. The number of nitro benzene ring substituents is 1. The lowest BCUT2D eigenvalue weighted by atomic mass is 10.1. The van der Waals surface area contributed by atoms with Crippen molar-refractivity contribution in [3.63, 3.8) is 0 Å². The average Bonchev–Trinajstić information content (AvgIpc) is 2.40. The minimum absolute atomic E-state index is 0.0120. The summed E-state index contributed by atoms with van der Waals surface area (Å²) in [6.45, 7) is 2.22. The van der Waals surface area contributed by atoms with Gasteiger partial charge in [-0.3, -0.25) is 14.9 Å². The average molecular weight is 321 g/mol. The van der Waals surface area contributed by atoms with Crippen molar-refractivity contribution in [3.05, 3.63) is 37.9 Å². The lowest BCUT2D eigenvalue weighted by molar-refractivity contribution is -0.384. The zero-order valence-electron chi connectivity index (χ0n) is 11.0. The second-order valence-corrected chi connectivity index (χ2v) is 4.87. The summed E-state index contributed by atoms with van der Waals surface area (Å²) in [5, 5.41) is 13.4. The Labute approximate surface area is 126 Å². The van der Waals surface area contributed by atoms with Gasteiger partial charge in [-0.25, -0.2) is 0 Å². The maximum Gasteiger partial charge on any atom is 0.271 e. The van der Waals surface area contributed by atoms with Crippen LogP contribution in [0, 0.1) is 10.1 Å². The molecule has 1 rings (SSSR count). The van der Waals surface area contributed by atoms with Gasteiger partial charge >= 0.3 is 0 Å². The first-order chi connectivity index (χ1) is 9.40. The van der Waals surface area contributed by atoms with Crippen LogP contribution in [0.4, 0.5) is 5.69 Å². The van der Waals surface area contributed by atoms with Crippen LogP contribution in [-0.2, 0) is 4.74 Å². The van der Waals surface area contributed by atoms with E-state index < -0.39 is 10.8 Å². The van der Waals surface area contributed by atoms with Gasteiger partial charge in [-0.2, -0.15) is 0 Å². The normalized spacial score (nSPS) is 12.0. The van der Waals surface area contributed by atoms with Crippen LogP contribution in [0.3, 0.4) is 0 Å². The Morgan fingerprint density at radius 1 is 1.50 bits per heavy atom. The Bertz CT molecular complexity index is 522. The van der Waals surface area contributed by atoms with Gasteiger partial charge in [0.2, 0.25) is 0 Å². The summed E-state index contributed by atoms with van der Waals surface area (Å²) < 4.78 is 4.97. The third-order valence-corrected chi connectivity index (χ3v) is 3.47. The lowest BCUT2D eigenvalue weighted by Crippen LogP contribution is -2.37. The van der Waals surface area contributed by atoms with Gasteiger partial charge in [0, 0.05) is 19.2 Å². The van der Waals surface area contributed by atoms with Crippen LogP contribution < -0.4 is 5.32 Å². The Morgan fingerprint density at radius 3 is 2.65 bits per heavy atom. The molecule has 0 aliphatic carbocycles. The quantitative estimate of drug-likeness (QED) is 0.645. The predicted octanol–water partition coefficient (Wildman–Crippen LogP) is 3.06. The number of ether oxygens (including phenoxy) is 1. The van der Waals surface area contributed by atoms with E-state index in [0.717, 1.165) is 12.1 Å². The van der Waals surface area contributed by atoms with Crippen molar-refractivity contribution in [2.45, 2.75) is 19.4 Å². The number of hydrogen-bond acceptors (Lipinski definition) is 4. The van der Waals surface area contributed by atoms with Crippen molar-refractivity contribution in [2.75, 3.05) is 13.7 Å². The SMILES string of the molecule is CCC(COC)NC(=O)c1cc([N+](=O)[O-])cc(Cl)c1Cl. The molecule has 0 radical (unpaired) electrons. The fourth-order valence-electron chi connectivity index (χ4n) is 1.57. The monoisotopic (exact) mass is 320 g/mol. The Balaban J connectivity index is 3.05. The van der Waals surface area contributed by atoms with Gasteiger partial charge in [-0.1, -0.05) is 30.1 Å². The summed E-state index contributed by atoms with van der Waals surface area (Å²) >= 11 is 11.7. The number of methoxy groups -OCH3 is 1. The minimum atomic E-state index is -0.633. The highest BCUT2D eigenvalue weighted by atomic mass is 35.5. The van der Waals surface area contributed by atoms with Crippen LogP contribution in [-0.4, -0.2) is 30.6 Å². The van der Waals surface area contributed by atoms with Gasteiger partial charge in [0.1, 0.15) is 0 Å². The predicted molar refractivity (Wildman–Crippen MR) is 76.5 cm³/mol. The molecule has 0 heterocycles. The van der Waals surface area contributed by atoms with Gasteiger partial charge < -0.3 is 10.1 Å². The maximum absolute atomic E-state index is 12.1. The van der Waals surface area contributed by atoms with Gasteiger partial charge in [0.15, 0.2) is 0 Å². The topological polar surface area (TPSA) is 81.5 Å². The standard InChI is InChI=1S/C12H14Cl2N2O4/c1-3-7(6-20-2)15-12(17)9-4-8(16(18)19)5-10(13)11(9)14/h4-5,7H,3,6H2,1-2H3,(H,15,17). The third kappa shape index (κ3) is 4.06. The van der Waals surface area contributed by atoms with E-state index in [1.54, 1.807) is 0 Å². The van der Waals surface area contributed by atoms with E-state index in [0.29, 0.717) is 13.0 Å². The molecule has 1 amide bonds. The number of nitrogens with one attached hydrogen (secondary N) is 1. The second-order valence-electron chi connectivity index (χ2n) is 4.08. The van der Waals surface area contributed by atoms with Crippen LogP contribution in [0.25, 0.3) is 0 Å². The van der Waals surface area contributed by atoms with Crippen molar-refractivity contribution >= 4 is 34.8 Å². The number of hydrogen-bond donors (Lipinski definition) is 1. The van der Waals surface area contributed by atoms with Crippen molar-refractivity contribution in [3.8, 4) is 0 Å². The largest absolute Gasteiger partial charge is 0.383 e. The van der Waals surface area contributed by atoms with Crippen molar-refractivity contribution in [1.29, 1.82) is 0 Å². The van der Waals surface area contributed by atoms with Crippen molar-refractivity contribution < 1.29 is 14.5 Å². The highest BCUT2D eigenvalue weighted by Crippen LogP contribution is 2.30. The zero-order chi connectivity index (χ0) is 15.3. The second kappa shape index (κ2) is 7.42. The molecule has 6 nitrogen and oxygen atoms in total. The molecule has 110 valence electrons. The molecule has 0 aliphatic heterocycles. The summed E-state index contributed by atoms with van der Waals surface area (Å²) in [7, 11) is 1.52. The number of non-ortho nitro benzene ring substituents is 1. The maximum atomic E-state index is 12.1. The summed E-state index contributed by atoms with van der Waals surface area (Å²) in [6.07, 6.45) is 0.653. The molecule has 0 saturated heterocycles. The molecule has 1 N–H and O–H groups in total. The molecule has 20 heavy (non-hydrogen) atoms. The number of benzene rings is 1. The van der Waals surface area contributed by atoms with Gasteiger partial charge in [-0.15, -0.1) is 0 Å². The van der Waals surface area contributed by atoms with Gasteiger partial charge in [0.05, 0.1) is 33.2 Å². The molecular weight excluding hydrogens is 307 g/mol. The van der Waals surface area contributed by atoms with Crippen LogP contribution in [0.2, 0.25) is 10.0 Å². The third-order valence-electron chi connectivity index (χ3n) is 2.66. The number of nitrogens with zero attached hydrogens (tertiary/aromatic N) is 1. The summed E-state index contributed by atoms with van der Waals surface area (Å²) in [5.74, 6) is -0.524. The molecule has 1 unspecified atom stereocenters. The Morgan fingerprint density at radius 2 is 2.15 bits per heavy atom. The lowest BCUT2D eigenvalue weighted by Gasteiger charge is -2.16. The number of amides is 1. The molecule has 0 aliphatic rings. The molecule has 0 fully saturated rings. The number of nitro groups is 1. The first-order valence-corrected chi connectivity index (χ1v) is 6.59. The van der Waals surface area contributed by atoms with Crippen LogP contribution in [0.1, 0.15) is 23.7 Å². The van der Waals surface area contributed by atoms with E-state index in [2.05, 4.69) is 5.32 Å². The van der Waals surface area contributed by atoms with E-state index in [1.807, 2.05) is 6.92 Å². The molecule has 0 saturated carbocycles. The molecule has 1 aromatic carbocycles. The first-order valence-electron chi connectivity index (χ1n) is 5.83. The zero-order valence-corrected chi connectivity index (χ0v) is 12.5. The Hall–Kier alpha value is -1.37. The number of carbonyl (C=O) groups is 1. The van der Waals surface area contributed by atoms with Gasteiger partial charge in [0.25, 0.3) is 11.6 Å². The summed E-state index contributed by atoms with van der Waals surface area (Å²) in [5.41, 5.74) is -0.315. The van der Waals surface area contributed by atoms with Crippen LogP contribution in [0.15, 0.2) is 12.1 Å².